The molecule has 1 heterocycles. The normalized spacial score (nSPS) is 8.61. The van der Waals surface area contributed by atoms with Gasteiger partial charge in [-0.1, -0.05) is 78.4 Å². The van der Waals surface area contributed by atoms with Crippen LogP contribution in [0.3, 0.4) is 0 Å². The summed E-state index contributed by atoms with van der Waals surface area (Å²) < 4.78 is 0. The minimum Gasteiger partial charge on any atom is -0.668 e. The predicted molar refractivity (Wildman–Crippen MR) is 134 cm³/mol. The van der Waals surface area contributed by atoms with Gasteiger partial charge in [-0.15, -0.1) is 5.69 Å². The summed E-state index contributed by atoms with van der Waals surface area (Å²) in [7, 11) is 10.5. The van der Waals surface area contributed by atoms with Crippen molar-refractivity contribution in [2.45, 2.75) is 13.5 Å². The summed E-state index contributed by atoms with van der Waals surface area (Å²) in [4.78, 5) is 8.39. The first-order valence-corrected chi connectivity index (χ1v) is 9.66. The van der Waals surface area contributed by atoms with Crippen molar-refractivity contribution in [1.29, 1.82) is 0 Å². The molecule has 0 radical (unpaired) electrons. The quantitative estimate of drug-likeness (QED) is 0.347. The zero-order chi connectivity index (χ0) is 22.9. The summed E-state index contributed by atoms with van der Waals surface area (Å²) in [6.07, 6.45) is 3.57. The third kappa shape index (κ3) is 25.9. The molecule has 3 aromatic rings. The molecule has 2 aromatic carbocycles. The number of rotatable bonds is 3. The van der Waals surface area contributed by atoms with Crippen LogP contribution < -0.4 is 4.98 Å². The maximum absolute atomic E-state index is 4.30. The first-order chi connectivity index (χ1) is 14.6. The molecular weight excluding hydrogens is 418 g/mol. The molecule has 0 saturated heterocycles. The van der Waals surface area contributed by atoms with E-state index in [0.29, 0.717) is 6.54 Å². The van der Waals surface area contributed by atoms with E-state index < -0.39 is 0 Å². The molecule has 0 bridgehead atoms. The minimum absolute atomic E-state index is 0. The van der Waals surface area contributed by atoms with Crippen LogP contribution in [0.1, 0.15) is 16.8 Å². The number of hydrogen-bond acceptors (Lipinski definition) is 1. The van der Waals surface area contributed by atoms with Crippen LogP contribution in [0.25, 0.3) is 16.0 Å². The zero-order valence-electron chi connectivity index (χ0n) is 20.0. The molecule has 0 aliphatic heterocycles. The molecule has 0 fully saturated rings. The number of aliphatic imine (C=N–C) groups is 1. The Morgan fingerprint density at radius 1 is 0.710 bits per heavy atom. The first kappa shape index (κ1) is 33.6. The average molecular weight is 455 g/mol. The standard InChI is InChI=1S/C12H11N2.C7H8.3C2H6N.Ti/c1-2-5-11(6-3-1)9-13-10-12-7-4-8-14-12;1-7-5-3-2-4-6-7;3*1-3-2;/h1-8,10H,9H2;2-6H,1H3;3*1-2H3;/q-1;;3*-1;+4. The van der Waals surface area contributed by atoms with Crippen LogP contribution in [0, 0.1) is 6.92 Å². The van der Waals surface area contributed by atoms with E-state index in [2.05, 4.69) is 57.1 Å². The fourth-order valence-corrected chi connectivity index (χ4v) is 1.75. The average Bonchev–Trinajstić information content (AvgIpc) is 3.25. The molecule has 31 heavy (non-hydrogen) atoms. The summed E-state index contributed by atoms with van der Waals surface area (Å²) in [5.74, 6) is 0. The summed E-state index contributed by atoms with van der Waals surface area (Å²) in [5.41, 5.74) is 3.46. The number of aromatic nitrogens is 1. The molecule has 0 aliphatic carbocycles. The smallest absolute Gasteiger partial charge is 0.668 e. The van der Waals surface area contributed by atoms with Gasteiger partial charge in [-0.3, -0.25) is 4.99 Å². The van der Waals surface area contributed by atoms with Gasteiger partial charge in [0.1, 0.15) is 0 Å². The van der Waals surface area contributed by atoms with Crippen molar-refractivity contribution < 1.29 is 21.7 Å². The van der Waals surface area contributed by atoms with Gasteiger partial charge in [0.25, 0.3) is 0 Å². The molecule has 0 N–H and O–H groups in total. The van der Waals surface area contributed by atoms with Gasteiger partial charge in [0.2, 0.25) is 0 Å². The molecule has 1 aromatic heterocycles. The maximum Gasteiger partial charge on any atom is 4.00 e. The van der Waals surface area contributed by atoms with Crippen molar-refractivity contribution in [3.8, 4) is 0 Å². The fraction of sp³-hybridized carbons (Fsp3) is 0.320. The minimum atomic E-state index is 0. The predicted octanol–water partition coefficient (Wildman–Crippen LogP) is 6.11. The van der Waals surface area contributed by atoms with Crippen molar-refractivity contribution in [2.75, 3.05) is 42.3 Å². The molecular formula is C25H37N5Ti. The monoisotopic (exact) mass is 455 g/mol. The molecule has 6 heteroatoms. The summed E-state index contributed by atoms with van der Waals surface area (Å²) in [5, 5.41) is 10.5. The van der Waals surface area contributed by atoms with Crippen molar-refractivity contribution in [1.82, 2.24) is 4.98 Å². The van der Waals surface area contributed by atoms with E-state index in [-0.39, 0.29) is 21.7 Å². The van der Waals surface area contributed by atoms with Crippen LogP contribution in [0.4, 0.5) is 0 Å². The van der Waals surface area contributed by atoms with Crippen LogP contribution in [0.15, 0.2) is 84.0 Å². The Hall–Kier alpha value is -2.02. The van der Waals surface area contributed by atoms with Crippen LogP contribution >= 0.6 is 0 Å². The van der Waals surface area contributed by atoms with Crippen LogP contribution in [-0.4, -0.2) is 48.5 Å². The van der Waals surface area contributed by atoms with E-state index in [1.807, 2.05) is 48.5 Å². The third-order valence-corrected chi connectivity index (χ3v) is 2.86. The van der Waals surface area contributed by atoms with Gasteiger partial charge in [0.15, 0.2) is 0 Å². The Balaban J connectivity index is -0.000000389. The Labute approximate surface area is 205 Å². The zero-order valence-corrected chi connectivity index (χ0v) is 21.6. The Morgan fingerprint density at radius 3 is 1.52 bits per heavy atom. The third-order valence-electron chi connectivity index (χ3n) is 2.86. The molecule has 0 aliphatic rings. The molecule has 0 spiro atoms. The number of nitrogens with zero attached hydrogens (tertiary/aromatic N) is 5. The molecule has 0 amide bonds. The summed E-state index contributed by atoms with van der Waals surface area (Å²) in [6.45, 7) is 2.80. The summed E-state index contributed by atoms with van der Waals surface area (Å²) >= 11 is 0. The van der Waals surface area contributed by atoms with Crippen LogP contribution in [0.5, 0.6) is 0 Å². The van der Waals surface area contributed by atoms with Gasteiger partial charge >= 0.3 is 21.7 Å². The van der Waals surface area contributed by atoms with Gasteiger partial charge in [-0.25, -0.2) is 0 Å². The van der Waals surface area contributed by atoms with Gasteiger partial charge in [0, 0.05) is 6.21 Å². The van der Waals surface area contributed by atoms with Crippen LogP contribution in [-0.2, 0) is 28.3 Å². The number of benzene rings is 2. The van der Waals surface area contributed by atoms with Crippen LogP contribution in [0.2, 0.25) is 0 Å². The molecule has 3 rings (SSSR count). The molecule has 5 nitrogen and oxygen atoms in total. The largest absolute Gasteiger partial charge is 4.00 e. The maximum atomic E-state index is 4.30. The Kier molecular flexibility index (Phi) is 30.3. The van der Waals surface area contributed by atoms with Gasteiger partial charge < -0.3 is 20.9 Å². The van der Waals surface area contributed by atoms with E-state index in [1.54, 1.807) is 54.7 Å². The van der Waals surface area contributed by atoms with E-state index >= 15 is 0 Å². The van der Waals surface area contributed by atoms with E-state index in [4.69, 9.17) is 0 Å². The number of aryl methyl sites for hydroxylation is 1. The van der Waals surface area contributed by atoms with E-state index in [0.717, 1.165) is 5.69 Å². The SMILES string of the molecule is C(=NCc1ccccc1)c1ccc[n-]1.C[N-]C.C[N-]C.C[N-]C.Cc1ccccc1.[Ti+4]. The number of hydrogen-bond donors (Lipinski definition) is 0. The molecule has 0 unspecified atom stereocenters. The summed E-state index contributed by atoms with van der Waals surface area (Å²) in [6, 6.07) is 24.3. The van der Waals surface area contributed by atoms with Crippen molar-refractivity contribution in [3.05, 3.63) is 112 Å². The second-order valence-corrected chi connectivity index (χ2v) is 6.01. The van der Waals surface area contributed by atoms with Gasteiger partial charge in [0.05, 0.1) is 6.54 Å². The van der Waals surface area contributed by atoms with E-state index in [1.165, 1.54) is 11.1 Å². The second kappa shape index (κ2) is 28.0. The topological polar surface area (TPSA) is 68.8 Å². The fourth-order valence-electron chi connectivity index (χ4n) is 1.75. The Morgan fingerprint density at radius 2 is 1.16 bits per heavy atom. The van der Waals surface area contributed by atoms with E-state index in [9.17, 15) is 0 Å². The van der Waals surface area contributed by atoms with Gasteiger partial charge in [-0.2, -0.15) is 48.5 Å². The molecule has 0 saturated carbocycles. The van der Waals surface area contributed by atoms with Crippen molar-refractivity contribution >= 4 is 6.21 Å². The van der Waals surface area contributed by atoms with Gasteiger partial charge in [-0.05, 0) is 12.5 Å². The van der Waals surface area contributed by atoms with Crippen molar-refractivity contribution in [2.24, 2.45) is 4.99 Å². The molecule has 166 valence electrons. The van der Waals surface area contributed by atoms with Crippen molar-refractivity contribution in [3.63, 3.8) is 0 Å². The second-order valence-electron chi connectivity index (χ2n) is 6.01. The first-order valence-electron chi connectivity index (χ1n) is 9.66. The molecule has 0 atom stereocenters. The Bertz CT molecular complexity index is 682.